The highest BCUT2D eigenvalue weighted by molar-refractivity contribution is 7.89. The highest BCUT2D eigenvalue weighted by atomic mass is 32.2. The summed E-state index contributed by atoms with van der Waals surface area (Å²) in [5.41, 5.74) is 1.85. The standard InChI is InChI=1S/C20H24N2O4S/c23-20(16-26-15-18-6-2-1-3-7-18)21-14-17-8-10-19(11-9-17)27(24,25)22-12-4-5-13-22/h1-3,6-11H,4-5,12-16H2,(H,21,23). The predicted octanol–water partition coefficient (Wildman–Crippen LogP) is 2.30. The largest absolute Gasteiger partial charge is 0.367 e. The molecule has 1 heterocycles. The normalized spacial score (nSPS) is 15.0. The van der Waals surface area contributed by atoms with Crippen LogP contribution in [0.25, 0.3) is 0 Å². The van der Waals surface area contributed by atoms with Crippen molar-refractivity contribution in [3.8, 4) is 0 Å². The van der Waals surface area contributed by atoms with E-state index >= 15 is 0 Å². The lowest BCUT2D eigenvalue weighted by atomic mass is 10.2. The number of nitrogens with one attached hydrogen (secondary N) is 1. The van der Waals surface area contributed by atoms with Crippen LogP contribution in [0.15, 0.2) is 59.5 Å². The molecule has 2 aromatic carbocycles. The summed E-state index contributed by atoms with van der Waals surface area (Å²) in [5.74, 6) is -0.209. The minimum absolute atomic E-state index is 0.0175. The SMILES string of the molecule is O=C(COCc1ccccc1)NCc1ccc(S(=O)(=O)N2CCCC2)cc1. The average molecular weight is 388 g/mol. The number of hydrogen-bond donors (Lipinski definition) is 1. The first-order valence-corrected chi connectivity index (χ1v) is 10.5. The third kappa shape index (κ3) is 5.38. The fourth-order valence-electron chi connectivity index (χ4n) is 2.94. The van der Waals surface area contributed by atoms with Crippen molar-refractivity contribution in [3.05, 3.63) is 65.7 Å². The van der Waals surface area contributed by atoms with Gasteiger partial charge in [0, 0.05) is 19.6 Å². The first-order valence-electron chi connectivity index (χ1n) is 9.03. The fourth-order valence-corrected chi connectivity index (χ4v) is 4.46. The number of nitrogens with zero attached hydrogens (tertiary/aromatic N) is 1. The van der Waals surface area contributed by atoms with Crippen molar-refractivity contribution in [1.29, 1.82) is 0 Å². The fraction of sp³-hybridized carbons (Fsp3) is 0.350. The number of ether oxygens (including phenoxy) is 1. The third-order valence-corrected chi connectivity index (χ3v) is 6.37. The van der Waals surface area contributed by atoms with Crippen molar-refractivity contribution in [2.45, 2.75) is 30.9 Å². The topological polar surface area (TPSA) is 75.7 Å². The van der Waals surface area contributed by atoms with Gasteiger partial charge in [0.2, 0.25) is 15.9 Å². The maximum absolute atomic E-state index is 12.5. The Morgan fingerprint density at radius 1 is 0.963 bits per heavy atom. The van der Waals surface area contributed by atoms with Gasteiger partial charge in [-0.1, -0.05) is 42.5 Å². The second-order valence-corrected chi connectivity index (χ2v) is 8.45. The first-order chi connectivity index (χ1) is 13.1. The molecular formula is C20H24N2O4S. The number of benzene rings is 2. The Hall–Kier alpha value is -2.22. The molecule has 0 radical (unpaired) electrons. The van der Waals surface area contributed by atoms with E-state index in [1.807, 2.05) is 30.3 Å². The van der Waals surface area contributed by atoms with E-state index in [-0.39, 0.29) is 12.5 Å². The molecule has 3 rings (SSSR count). The van der Waals surface area contributed by atoms with Crippen LogP contribution in [-0.4, -0.2) is 38.3 Å². The molecule has 1 N–H and O–H groups in total. The number of rotatable bonds is 8. The van der Waals surface area contributed by atoms with Gasteiger partial charge in [-0.25, -0.2) is 8.42 Å². The van der Waals surface area contributed by atoms with Crippen LogP contribution >= 0.6 is 0 Å². The summed E-state index contributed by atoms with van der Waals surface area (Å²) < 4.78 is 31.9. The molecular weight excluding hydrogens is 364 g/mol. The van der Waals surface area contributed by atoms with E-state index in [1.165, 1.54) is 4.31 Å². The predicted molar refractivity (Wildman–Crippen MR) is 102 cm³/mol. The Morgan fingerprint density at radius 2 is 1.63 bits per heavy atom. The van der Waals surface area contributed by atoms with Crippen molar-refractivity contribution in [1.82, 2.24) is 9.62 Å². The smallest absolute Gasteiger partial charge is 0.246 e. The molecule has 144 valence electrons. The number of sulfonamides is 1. The Balaban J connectivity index is 1.45. The maximum atomic E-state index is 12.5. The lowest BCUT2D eigenvalue weighted by Crippen LogP contribution is -2.28. The molecule has 0 atom stereocenters. The van der Waals surface area contributed by atoms with Crippen LogP contribution in [-0.2, 0) is 32.7 Å². The van der Waals surface area contributed by atoms with Gasteiger partial charge < -0.3 is 10.1 Å². The lowest BCUT2D eigenvalue weighted by molar-refractivity contribution is -0.126. The minimum Gasteiger partial charge on any atom is -0.367 e. The minimum atomic E-state index is -3.40. The molecule has 1 fully saturated rings. The zero-order valence-corrected chi connectivity index (χ0v) is 16.0. The van der Waals surface area contributed by atoms with Gasteiger partial charge in [-0.3, -0.25) is 4.79 Å². The second-order valence-electron chi connectivity index (χ2n) is 6.51. The average Bonchev–Trinajstić information content (AvgIpc) is 3.23. The van der Waals surface area contributed by atoms with Gasteiger partial charge in [0.15, 0.2) is 0 Å². The zero-order valence-electron chi connectivity index (χ0n) is 15.1. The van der Waals surface area contributed by atoms with Gasteiger partial charge >= 0.3 is 0 Å². The molecule has 27 heavy (non-hydrogen) atoms. The monoisotopic (exact) mass is 388 g/mol. The number of carbonyl (C=O) groups is 1. The number of carbonyl (C=O) groups excluding carboxylic acids is 1. The van der Waals surface area contributed by atoms with Crippen molar-refractivity contribution in [2.75, 3.05) is 19.7 Å². The van der Waals surface area contributed by atoms with Crippen LogP contribution in [0, 0.1) is 0 Å². The van der Waals surface area contributed by atoms with Gasteiger partial charge in [-0.2, -0.15) is 4.31 Å². The van der Waals surface area contributed by atoms with Gasteiger partial charge in [0.05, 0.1) is 11.5 Å². The van der Waals surface area contributed by atoms with Gasteiger partial charge in [-0.15, -0.1) is 0 Å². The summed E-state index contributed by atoms with van der Waals surface area (Å²) in [4.78, 5) is 12.2. The Morgan fingerprint density at radius 3 is 2.30 bits per heavy atom. The molecule has 6 nitrogen and oxygen atoms in total. The maximum Gasteiger partial charge on any atom is 0.246 e. The van der Waals surface area contributed by atoms with Crippen molar-refractivity contribution >= 4 is 15.9 Å². The summed E-state index contributed by atoms with van der Waals surface area (Å²) in [5, 5.41) is 2.77. The van der Waals surface area contributed by atoms with E-state index in [9.17, 15) is 13.2 Å². The van der Waals surface area contributed by atoms with Gasteiger partial charge in [0.1, 0.15) is 6.61 Å². The van der Waals surface area contributed by atoms with Crippen LogP contribution < -0.4 is 5.32 Å². The molecule has 2 aromatic rings. The number of amides is 1. The molecule has 0 aliphatic carbocycles. The molecule has 7 heteroatoms. The van der Waals surface area contributed by atoms with Crippen LogP contribution in [0.3, 0.4) is 0 Å². The van der Waals surface area contributed by atoms with Crippen molar-refractivity contribution in [3.63, 3.8) is 0 Å². The lowest BCUT2D eigenvalue weighted by Gasteiger charge is -2.15. The summed E-state index contributed by atoms with van der Waals surface area (Å²) in [6.45, 7) is 1.87. The Kier molecular flexibility index (Phi) is 6.60. The highest BCUT2D eigenvalue weighted by Gasteiger charge is 2.26. The van der Waals surface area contributed by atoms with E-state index in [0.29, 0.717) is 31.1 Å². The van der Waals surface area contributed by atoms with Crippen LogP contribution in [0.4, 0.5) is 0 Å². The van der Waals surface area contributed by atoms with E-state index in [4.69, 9.17) is 4.74 Å². The summed E-state index contributed by atoms with van der Waals surface area (Å²) >= 11 is 0. The molecule has 1 aliphatic heterocycles. The van der Waals surface area contributed by atoms with Crippen molar-refractivity contribution < 1.29 is 17.9 Å². The second kappa shape index (κ2) is 9.12. The van der Waals surface area contributed by atoms with Crippen LogP contribution in [0.2, 0.25) is 0 Å². The third-order valence-electron chi connectivity index (χ3n) is 4.46. The van der Waals surface area contributed by atoms with Gasteiger partial charge in [-0.05, 0) is 36.1 Å². The van der Waals surface area contributed by atoms with Crippen molar-refractivity contribution in [2.24, 2.45) is 0 Å². The summed E-state index contributed by atoms with van der Waals surface area (Å²) in [7, 11) is -3.40. The highest BCUT2D eigenvalue weighted by Crippen LogP contribution is 2.21. The van der Waals surface area contributed by atoms with E-state index in [2.05, 4.69) is 5.32 Å². The Labute approximate surface area is 160 Å². The molecule has 0 unspecified atom stereocenters. The molecule has 1 amide bonds. The first kappa shape index (κ1) is 19.5. The van der Waals surface area contributed by atoms with E-state index < -0.39 is 10.0 Å². The molecule has 0 saturated carbocycles. The molecule has 1 saturated heterocycles. The number of hydrogen-bond acceptors (Lipinski definition) is 4. The summed E-state index contributed by atoms with van der Waals surface area (Å²) in [6.07, 6.45) is 1.82. The Bertz CT molecular complexity index is 845. The van der Waals surface area contributed by atoms with Crippen LogP contribution in [0.5, 0.6) is 0 Å². The van der Waals surface area contributed by atoms with E-state index in [1.54, 1.807) is 24.3 Å². The van der Waals surface area contributed by atoms with Crippen LogP contribution in [0.1, 0.15) is 24.0 Å². The molecule has 0 bridgehead atoms. The molecule has 0 spiro atoms. The summed E-state index contributed by atoms with van der Waals surface area (Å²) in [6, 6.07) is 16.3. The molecule has 1 aliphatic rings. The quantitative estimate of drug-likeness (QED) is 0.753. The van der Waals surface area contributed by atoms with E-state index in [0.717, 1.165) is 24.0 Å². The van der Waals surface area contributed by atoms with Gasteiger partial charge in [0.25, 0.3) is 0 Å². The molecule has 0 aromatic heterocycles. The zero-order chi connectivity index (χ0) is 19.1.